The van der Waals surface area contributed by atoms with Gasteiger partial charge in [-0.05, 0) is 32.1 Å². The average molecular weight is 152 g/mol. The molecule has 0 saturated carbocycles. The summed E-state index contributed by atoms with van der Waals surface area (Å²) in [5.74, 6) is 0.757. The summed E-state index contributed by atoms with van der Waals surface area (Å²) in [6.07, 6.45) is 5.04. The van der Waals surface area contributed by atoms with E-state index in [1.807, 2.05) is 12.1 Å². The summed E-state index contributed by atoms with van der Waals surface area (Å²) in [6.45, 7) is 3.43. The Morgan fingerprint density at radius 2 is 2.27 bits per heavy atom. The summed E-state index contributed by atoms with van der Waals surface area (Å²) in [5, 5.41) is 9.29. The van der Waals surface area contributed by atoms with Gasteiger partial charge >= 0.3 is 0 Å². The van der Waals surface area contributed by atoms with Crippen LogP contribution < -0.4 is 0 Å². The minimum Gasteiger partial charge on any atom is -0.465 e. The van der Waals surface area contributed by atoms with E-state index in [4.69, 9.17) is 4.42 Å². The molecule has 1 aromatic rings. The minimum atomic E-state index is -0.771. The smallest absolute Gasteiger partial charge is 0.126 e. The Morgan fingerprint density at radius 3 is 2.73 bits per heavy atom. The van der Waals surface area contributed by atoms with Crippen LogP contribution >= 0.6 is 0 Å². The van der Waals surface area contributed by atoms with Gasteiger partial charge in [-0.25, -0.2) is 0 Å². The van der Waals surface area contributed by atoms with E-state index < -0.39 is 5.60 Å². The molecule has 0 aliphatic carbocycles. The van der Waals surface area contributed by atoms with E-state index >= 15 is 0 Å². The third-order valence-electron chi connectivity index (χ3n) is 1.20. The fourth-order valence-corrected chi connectivity index (χ4v) is 0.672. The van der Waals surface area contributed by atoms with E-state index in [1.165, 1.54) is 0 Å². The van der Waals surface area contributed by atoms with Gasteiger partial charge in [0.05, 0.1) is 11.9 Å². The number of rotatable bonds is 2. The minimum absolute atomic E-state index is 0.757. The summed E-state index contributed by atoms with van der Waals surface area (Å²) in [4.78, 5) is 0. The second-order valence-electron chi connectivity index (χ2n) is 3.00. The molecule has 1 rings (SSSR count). The molecule has 0 amide bonds. The second kappa shape index (κ2) is 2.93. The molecule has 0 aromatic carbocycles. The van der Waals surface area contributed by atoms with Crippen LogP contribution in [0.5, 0.6) is 0 Å². The van der Waals surface area contributed by atoms with Crippen LogP contribution in [-0.4, -0.2) is 10.7 Å². The quantitative estimate of drug-likeness (QED) is 0.703. The lowest BCUT2D eigenvalue weighted by Gasteiger charge is -2.08. The van der Waals surface area contributed by atoms with E-state index in [0.717, 1.165) is 5.76 Å². The summed E-state index contributed by atoms with van der Waals surface area (Å²) in [6, 6.07) is 3.65. The van der Waals surface area contributed by atoms with Crippen molar-refractivity contribution in [3.05, 3.63) is 30.2 Å². The molecule has 11 heavy (non-hydrogen) atoms. The zero-order valence-electron chi connectivity index (χ0n) is 6.74. The van der Waals surface area contributed by atoms with Gasteiger partial charge in [0, 0.05) is 0 Å². The van der Waals surface area contributed by atoms with E-state index in [1.54, 1.807) is 32.3 Å². The summed E-state index contributed by atoms with van der Waals surface area (Å²) >= 11 is 0. The number of hydrogen-bond donors (Lipinski definition) is 1. The van der Waals surface area contributed by atoms with Crippen molar-refractivity contribution in [1.29, 1.82) is 0 Å². The van der Waals surface area contributed by atoms with Gasteiger partial charge in [-0.1, -0.05) is 6.08 Å². The topological polar surface area (TPSA) is 33.4 Å². The van der Waals surface area contributed by atoms with Crippen LogP contribution in [0.1, 0.15) is 19.6 Å². The molecule has 0 atom stereocenters. The molecule has 0 fully saturated rings. The van der Waals surface area contributed by atoms with Gasteiger partial charge in [-0.3, -0.25) is 0 Å². The number of aliphatic hydroxyl groups is 1. The lowest BCUT2D eigenvalue weighted by atomic mass is 10.1. The lowest BCUT2D eigenvalue weighted by molar-refractivity contribution is 0.134. The summed E-state index contributed by atoms with van der Waals surface area (Å²) < 4.78 is 5.03. The number of furan rings is 1. The average Bonchev–Trinajstić information content (AvgIpc) is 2.32. The molecule has 0 saturated heterocycles. The van der Waals surface area contributed by atoms with Crippen molar-refractivity contribution < 1.29 is 9.52 Å². The molecule has 0 radical (unpaired) electrons. The fourth-order valence-electron chi connectivity index (χ4n) is 0.672. The van der Waals surface area contributed by atoms with Crippen LogP contribution in [0, 0.1) is 0 Å². The summed E-state index contributed by atoms with van der Waals surface area (Å²) in [5.41, 5.74) is -0.771. The van der Waals surface area contributed by atoms with Crippen LogP contribution in [0.4, 0.5) is 0 Å². The molecule has 1 aromatic heterocycles. The Hall–Kier alpha value is -1.02. The van der Waals surface area contributed by atoms with Gasteiger partial charge in [0.2, 0.25) is 0 Å². The Morgan fingerprint density at radius 1 is 1.55 bits per heavy atom. The summed E-state index contributed by atoms with van der Waals surface area (Å²) in [7, 11) is 0. The Bertz CT molecular complexity index is 227. The van der Waals surface area contributed by atoms with E-state index in [-0.39, 0.29) is 0 Å². The Labute approximate surface area is 66.2 Å². The lowest BCUT2D eigenvalue weighted by Crippen LogP contribution is -2.13. The molecular formula is C9H12O2. The van der Waals surface area contributed by atoms with E-state index in [9.17, 15) is 5.11 Å². The maximum Gasteiger partial charge on any atom is 0.126 e. The van der Waals surface area contributed by atoms with E-state index in [2.05, 4.69) is 0 Å². The van der Waals surface area contributed by atoms with Gasteiger partial charge in [0.1, 0.15) is 5.76 Å². The van der Waals surface area contributed by atoms with Crippen molar-refractivity contribution in [2.75, 3.05) is 0 Å². The molecule has 0 spiro atoms. The molecule has 0 aliphatic rings. The van der Waals surface area contributed by atoms with Gasteiger partial charge in [-0.2, -0.15) is 0 Å². The number of hydrogen-bond acceptors (Lipinski definition) is 2. The van der Waals surface area contributed by atoms with Gasteiger partial charge in [-0.15, -0.1) is 0 Å². The standard InChI is InChI=1S/C9H12O2/c1-9(2,10)6-5-8-4-3-7-11-8/h3-7,10H,1-2H3/b6-5+. The predicted octanol–water partition coefficient (Wildman–Crippen LogP) is 2.06. The van der Waals surface area contributed by atoms with Crippen LogP contribution in [-0.2, 0) is 0 Å². The first kappa shape index (κ1) is 8.08. The molecule has 60 valence electrons. The Balaban J connectivity index is 2.63. The van der Waals surface area contributed by atoms with Gasteiger partial charge in [0.15, 0.2) is 0 Å². The van der Waals surface area contributed by atoms with Gasteiger partial charge < -0.3 is 9.52 Å². The fraction of sp³-hybridized carbons (Fsp3) is 0.333. The van der Waals surface area contributed by atoms with Gasteiger partial charge in [0.25, 0.3) is 0 Å². The Kier molecular flexibility index (Phi) is 2.15. The van der Waals surface area contributed by atoms with Crippen LogP contribution in [0.25, 0.3) is 6.08 Å². The first-order valence-electron chi connectivity index (χ1n) is 3.53. The maximum atomic E-state index is 9.29. The van der Waals surface area contributed by atoms with Crippen molar-refractivity contribution >= 4 is 6.08 Å². The molecule has 1 heterocycles. The van der Waals surface area contributed by atoms with Crippen molar-refractivity contribution in [3.8, 4) is 0 Å². The molecule has 0 unspecified atom stereocenters. The highest BCUT2D eigenvalue weighted by Gasteiger charge is 2.05. The molecule has 1 N–H and O–H groups in total. The zero-order chi connectivity index (χ0) is 8.32. The highest BCUT2D eigenvalue weighted by molar-refractivity contribution is 5.43. The van der Waals surface area contributed by atoms with Crippen molar-refractivity contribution in [2.24, 2.45) is 0 Å². The highest BCUT2D eigenvalue weighted by Crippen LogP contribution is 2.08. The monoisotopic (exact) mass is 152 g/mol. The van der Waals surface area contributed by atoms with E-state index in [0.29, 0.717) is 0 Å². The molecule has 2 nitrogen and oxygen atoms in total. The predicted molar refractivity (Wildman–Crippen MR) is 44.0 cm³/mol. The van der Waals surface area contributed by atoms with Crippen LogP contribution in [0.3, 0.4) is 0 Å². The normalized spacial score (nSPS) is 12.6. The molecule has 0 bridgehead atoms. The van der Waals surface area contributed by atoms with Crippen LogP contribution in [0.2, 0.25) is 0 Å². The van der Waals surface area contributed by atoms with Crippen LogP contribution in [0.15, 0.2) is 28.9 Å². The maximum absolute atomic E-state index is 9.29. The van der Waals surface area contributed by atoms with Crippen molar-refractivity contribution in [3.63, 3.8) is 0 Å². The third kappa shape index (κ3) is 3.05. The first-order valence-corrected chi connectivity index (χ1v) is 3.53. The SMILES string of the molecule is CC(C)(O)/C=C/c1ccco1. The largest absolute Gasteiger partial charge is 0.465 e. The zero-order valence-corrected chi connectivity index (χ0v) is 6.74. The third-order valence-corrected chi connectivity index (χ3v) is 1.20. The van der Waals surface area contributed by atoms with Crippen molar-refractivity contribution in [2.45, 2.75) is 19.4 Å². The molecule has 2 heteroatoms. The molecular weight excluding hydrogens is 140 g/mol. The van der Waals surface area contributed by atoms with Crippen molar-refractivity contribution in [1.82, 2.24) is 0 Å². The molecule has 0 aliphatic heterocycles. The second-order valence-corrected chi connectivity index (χ2v) is 3.00. The highest BCUT2D eigenvalue weighted by atomic mass is 16.3. The first-order chi connectivity index (χ1) is 5.08.